The number of hydrogen-bond donors (Lipinski definition) is 2. The highest BCUT2D eigenvalue weighted by atomic mass is 35.5. The van der Waals surface area contributed by atoms with Gasteiger partial charge in [0.05, 0.1) is 12.7 Å². The zero-order chi connectivity index (χ0) is 21.4. The molecule has 0 amide bonds. The predicted octanol–water partition coefficient (Wildman–Crippen LogP) is 5.53. The van der Waals surface area contributed by atoms with E-state index >= 15 is 0 Å². The zero-order valence-corrected chi connectivity index (χ0v) is 17.5. The number of methoxy groups -OCH3 is 1. The van der Waals surface area contributed by atoms with Gasteiger partial charge < -0.3 is 15.0 Å². The number of ether oxygens (including phenoxy) is 1. The molecule has 3 aromatic heterocycles. The summed E-state index contributed by atoms with van der Waals surface area (Å²) in [7, 11) is 1.37. The number of esters is 1. The number of aromatic nitrogens is 3. The van der Waals surface area contributed by atoms with Crippen molar-refractivity contribution < 1.29 is 9.53 Å². The summed E-state index contributed by atoms with van der Waals surface area (Å²) in [6.07, 6.45) is 3.67. The van der Waals surface area contributed by atoms with Gasteiger partial charge >= 0.3 is 5.97 Å². The normalized spacial score (nSPS) is 11.2. The molecule has 5 aromatic rings. The van der Waals surface area contributed by atoms with Crippen LogP contribution in [0.2, 0.25) is 5.02 Å². The van der Waals surface area contributed by atoms with Crippen LogP contribution in [-0.2, 0) is 11.3 Å². The highest BCUT2D eigenvalue weighted by Crippen LogP contribution is 2.35. The van der Waals surface area contributed by atoms with E-state index < -0.39 is 5.97 Å². The van der Waals surface area contributed by atoms with Crippen molar-refractivity contribution in [2.24, 2.45) is 0 Å². The topological polar surface area (TPSA) is 71.4 Å². The first-order valence-corrected chi connectivity index (χ1v) is 10.2. The molecule has 0 atom stereocenters. The Morgan fingerprint density at radius 1 is 1.16 bits per heavy atom. The van der Waals surface area contributed by atoms with Crippen LogP contribution in [0.5, 0.6) is 0 Å². The number of hydrogen-bond acceptors (Lipinski definition) is 4. The van der Waals surface area contributed by atoms with E-state index in [0.29, 0.717) is 17.1 Å². The van der Waals surface area contributed by atoms with Gasteiger partial charge in [-0.2, -0.15) is 0 Å². The smallest absolute Gasteiger partial charge is 0.339 e. The molecule has 0 aliphatic rings. The molecule has 0 radical (unpaired) electrons. The van der Waals surface area contributed by atoms with Crippen LogP contribution in [0.25, 0.3) is 27.8 Å². The predicted molar refractivity (Wildman–Crippen MR) is 123 cm³/mol. The van der Waals surface area contributed by atoms with Crippen LogP contribution in [0.15, 0.2) is 73.1 Å². The van der Waals surface area contributed by atoms with Gasteiger partial charge in [-0.05, 0) is 35.9 Å². The number of benzene rings is 2. The molecule has 0 fully saturated rings. The van der Waals surface area contributed by atoms with Gasteiger partial charge in [0.2, 0.25) is 0 Å². The Balaban J connectivity index is 1.68. The summed E-state index contributed by atoms with van der Waals surface area (Å²) in [4.78, 5) is 20.2. The summed E-state index contributed by atoms with van der Waals surface area (Å²) < 4.78 is 6.77. The lowest BCUT2D eigenvalue weighted by Gasteiger charge is -2.09. The number of imidazole rings is 1. The van der Waals surface area contributed by atoms with Gasteiger partial charge in [0.1, 0.15) is 17.2 Å². The van der Waals surface area contributed by atoms with Gasteiger partial charge in [-0.25, -0.2) is 9.78 Å². The number of halogens is 1. The molecule has 0 aliphatic heterocycles. The van der Waals surface area contributed by atoms with Gasteiger partial charge in [0.15, 0.2) is 0 Å². The molecule has 2 N–H and O–H groups in total. The van der Waals surface area contributed by atoms with Crippen LogP contribution < -0.4 is 5.32 Å². The van der Waals surface area contributed by atoms with E-state index in [1.54, 1.807) is 12.3 Å². The highest BCUT2D eigenvalue weighted by molar-refractivity contribution is 6.31. The summed E-state index contributed by atoms with van der Waals surface area (Å²) in [6, 6.07) is 19.4. The Morgan fingerprint density at radius 2 is 2.00 bits per heavy atom. The largest absolute Gasteiger partial charge is 0.465 e. The number of carbonyl (C=O) groups is 1. The van der Waals surface area contributed by atoms with E-state index in [4.69, 9.17) is 21.3 Å². The van der Waals surface area contributed by atoms with E-state index in [2.05, 4.69) is 22.4 Å². The molecule has 0 unspecified atom stereocenters. The van der Waals surface area contributed by atoms with Crippen molar-refractivity contribution >= 4 is 39.9 Å². The Bertz CT molecular complexity index is 1410. The first-order valence-electron chi connectivity index (χ1n) is 9.79. The Hall–Kier alpha value is -3.77. The third-order valence-corrected chi connectivity index (χ3v) is 5.48. The monoisotopic (exact) mass is 430 g/mol. The summed E-state index contributed by atoms with van der Waals surface area (Å²) in [6.45, 7) is 0.604. The van der Waals surface area contributed by atoms with Crippen molar-refractivity contribution in [1.82, 2.24) is 14.4 Å². The van der Waals surface area contributed by atoms with Crippen LogP contribution in [0.4, 0.5) is 5.82 Å². The van der Waals surface area contributed by atoms with Gasteiger partial charge in [-0.1, -0.05) is 41.9 Å². The summed E-state index contributed by atoms with van der Waals surface area (Å²) in [5.74, 6) is 0.385. The molecule has 0 saturated heterocycles. The minimum absolute atomic E-state index is 0.398. The lowest BCUT2D eigenvalue weighted by atomic mass is 10.1. The van der Waals surface area contributed by atoms with Gasteiger partial charge in [-0.3, -0.25) is 4.40 Å². The lowest BCUT2D eigenvalue weighted by molar-refractivity contribution is 0.0600. The number of rotatable bonds is 5. The van der Waals surface area contributed by atoms with E-state index in [0.717, 1.165) is 39.2 Å². The molecular weight excluding hydrogens is 412 g/mol. The number of nitrogens with zero attached hydrogens (tertiary/aromatic N) is 2. The first kappa shape index (κ1) is 19.2. The van der Waals surface area contributed by atoms with Crippen LogP contribution in [-0.4, -0.2) is 27.4 Å². The zero-order valence-electron chi connectivity index (χ0n) is 16.7. The fraction of sp³-hybridized carbons (Fsp3) is 0.0833. The quantitative estimate of drug-likeness (QED) is 0.359. The molecular formula is C24H19ClN4O2. The summed E-state index contributed by atoms with van der Waals surface area (Å²) in [5.41, 5.74) is 4.97. The molecule has 0 bridgehead atoms. The number of aromatic amines is 1. The number of carbonyl (C=O) groups excluding carboxylic acids is 1. The number of anilines is 1. The average Bonchev–Trinajstić information content (AvgIpc) is 3.37. The van der Waals surface area contributed by atoms with Crippen LogP contribution in [0.1, 0.15) is 15.9 Å². The molecule has 3 heterocycles. The maximum absolute atomic E-state index is 12.1. The molecule has 5 rings (SSSR count). The van der Waals surface area contributed by atoms with Crippen molar-refractivity contribution in [1.29, 1.82) is 0 Å². The second-order valence-electron chi connectivity index (χ2n) is 7.18. The van der Waals surface area contributed by atoms with Crippen LogP contribution in [0.3, 0.4) is 0 Å². The number of nitrogens with one attached hydrogen (secondary N) is 2. The first-order chi connectivity index (χ1) is 15.1. The molecule has 7 heteroatoms. The Kier molecular flexibility index (Phi) is 4.84. The fourth-order valence-electron chi connectivity index (χ4n) is 3.71. The standard InChI is InChI=1S/C24H19ClN4O2/c1-31-24(30)16-7-10-21-28-22(19-13-26-20-9-8-17(25)11-18(19)20)23(29(21)14-16)27-12-15-5-3-2-4-6-15/h2-11,13-14,26-27H,12H2,1H3. The molecule has 6 nitrogen and oxygen atoms in total. The third kappa shape index (κ3) is 3.51. The fourth-order valence-corrected chi connectivity index (χ4v) is 3.88. The number of fused-ring (bicyclic) bond motifs is 2. The molecule has 31 heavy (non-hydrogen) atoms. The van der Waals surface area contributed by atoms with E-state index in [1.807, 2.05) is 53.1 Å². The maximum Gasteiger partial charge on any atom is 0.339 e. The van der Waals surface area contributed by atoms with Crippen molar-refractivity contribution in [3.63, 3.8) is 0 Å². The van der Waals surface area contributed by atoms with E-state index in [9.17, 15) is 4.79 Å². The van der Waals surface area contributed by atoms with Gasteiger partial charge in [-0.15, -0.1) is 0 Å². The molecule has 0 saturated carbocycles. The van der Waals surface area contributed by atoms with Crippen molar-refractivity contribution in [2.45, 2.75) is 6.54 Å². The maximum atomic E-state index is 12.1. The van der Waals surface area contributed by atoms with E-state index in [1.165, 1.54) is 7.11 Å². The second-order valence-corrected chi connectivity index (χ2v) is 7.61. The number of H-pyrrole nitrogens is 1. The minimum Gasteiger partial charge on any atom is -0.465 e. The molecule has 2 aromatic carbocycles. The molecule has 154 valence electrons. The SMILES string of the molecule is COC(=O)c1ccc2nc(-c3c[nH]c4ccc(Cl)cc34)c(NCc3ccccc3)n2c1. The van der Waals surface area contributed by atoms with Crippen LogP contribution in [0, 0.1) is 0 Å². The number of pyridine rings is 1. The van der Waals surface area contributed by atoms with Crippen LogP contribution >= 0.6 is 11.6 Å². The highest BCUT2D eigenvalue weighted by Gasteiger charge is 2.19. The second kappa shape index (κ2) is 7.81. The van der Waals surface area contributed by atoms with E-state index in [-0.39, 0.29) is 0 Å². The minimum atomic E-state index is -0.398. The van der Waals surface area contributed by atoms with Crippen molar-refractivity contribution in [3.8, 4) is 11.3 Å². The third-order valence-electron chi connectivity index (χ3n) is 5.24. The van der Waals surface area contributed by atoms with Gasteiger partial charge in [0.25, 0.3) is 0 Å². The van der Waals surface area contributed by atoms with Gasteiger partial charge in [0, 0.05) is 40.4 Å². The Labute approximate surface area is 183 Å². The molecule has 0 aliphatic carbocycles. The lowest BCUT2D eigenvalue weighted by Crippen LogP contribution is -2.06. The Morgan fingerprint density at radius 3 is 2.81 bits per heavy atom. The van der Waals surface area contributed by atoms with Crippen molar-refractivity contribution in [3.05, 3.63) is 89.2 Å². The molecule has 0 spiro atoms. The average molecular weight is 431 g/mol. The summed E-state index contributed by atoms with van der Waals surface area (Å²) >= 11 is 6.26. The summed E-state index contributed by atoms with van der Waals surface area (Å²) in [5, 5.41) is 5.14. The van der Waals surface area contributed by atoms with Crippen molar-refractivity contribution in [2.75, 3.05) is 12.4 Å².